The molecule has 0 aliphatic heterocycles. The number of hydrogen-bond donors (Lipinski definition) is 0. The Morgan fingerprint density at radius 3 is 2.54 bits per heavy atom. The first kappa shape index (κ1) is 17.0. The molecule has 26 heavy (non-hydrogen) atoms. The van der Waals surface area contributed by atoms with Gasteiger partial charge in [-0.05, 0) is 39.2 Å². The molecular formula is C19H19ClN4O2. The molecule has 1 atom stereocenters. The molecule has 0 saturated heterocycles. The summed E-state index contributed by atoms with van der Waals surface area (Å²) in [6, 6.07) is 7.91. The summed E-state index contributed by atoms with van der Waals surface area (Å²) < 4.78 is 11.3. The number of aromatic nitrogens is 4. The van der Waals surface area contributed by atoms with Crippen LogP contribution >= 0.6 is 11.6 Å². The van der Waals surface area contributed by atoms with Gasteiger partial charge in [-0.1, -0.05) is 41.0 Å². The van der Waals surface area contributed by atoms with E-state index in [-0.39, 0.29) is 6.10 Å². The van der Waals surface area contributed by atoms with E-state index in [1.54, 1.807) is 0 Å². The molecule has 1 saturated carbocycles. The van der Waals surface area contributed by atoms with Gasteiger partial charge in [-0.15, -0.1) is 0 Å². The van der Waals surface area contributed by atoms with Crippen molar-refractivity contribution in [1.29, 1.82) is 0 Å². The molecular weight excluding hydrogens is 352 g/mol. The van der Waals surface area contributed by atoms with Gasteiger partial charge in [0.2, 0.25) is 17.6 Å². The van der Waals surface area contributed by atoms with E-state index < -0.39 is 0 Å². The number of hydrogen-bond acceptors (Lipinski definition) is 6. The zero-order valence-corrected chi connectivity index (χ0v) is 15.6. The Bertz CT molecular complexity index is 935. The van der Waals surface area contributed by atoms with Gasteiger partial charge in [0.25, 0.3) is 0 Å². The molecule has 2 aromatic heterocycles. The van der Waals surface area contributed by atoms with Crippen LogP contribution < -0.4 is 4.74 Å². The molecule has 0 N–H and O–H groups in total. The highest BCUT2D eigenvalue weighted by molar-refractivity contribution is 6.32. The summed E-state index contributed by atoms with van der Waals surface area (Å²) in [5, 5.41) is 4.51. The first-order valence-corrected chi connectivity index (χ1v) is 9.00. The van der Waals surface area contributed by atoms with Gasteiger partial charge in [0, 0.05) is 11.5 Å². The summed E-state index contributed by atoms with van der Waals surface area (Å²) in [5.74, 6) is 2.85. The molecule has 0 bridgehead atoms. The lowest BCUT2D eigenvalue weighted by molar-refractivity contribution is 0.216. The maximum absolute atomic E-state index is 6.26. The second kappa shape index (κ2) is 6.68. The van der Waals surface area contributed by atoms with Crippen molar-refractivity contribution in [3.63, 3.8) is 0 Å². The predicted molar refractivity (Wildman–Crippen MR) is 97.3 cm³/mol. The maximum atomic E-state index is 6.26. The van der Waals surface area contributed by atoms with Crippen LogP contribution in [0, 0.1) is 13.8 Å². The minimum atomic E-state index is -0.206. The van der Waals surface area contributed by atoms with Crippen molar-refractivity contribution in [3.05, 3.63) is 52.3 Å². The molecule has 3 aromatic rings. The highest BCUT2D eigenvalue weighted by Crippen LogP contribution is 2.39. The van der Waals surface area contributed by atoms with E-state index in [1.807, 2.05) is 45.0 Å². The van der Waals surface area contributed by atoms with Crippen molar-refractivity contribution < 1.29 is 9.26 Å². The van der Waals surface area contributed by atoms with E-state index in [0.29, 0.717) is 34.2 Å². The van der Waals surface area contributed by atoms with Gasteiger partial charge in [-0.2, -0.15) is 9.97 Å². The van der Waals surface area contributed by atoms with Gasteiger partial charge in [0.15, 0.2) is 0 Å². The van der Waals surface area contributed by atoms with E-state index in [1.165, 1.54) is 0 Å². The Labute approximate surface area is 156 Å². The third kappa shape index (κ3) is 3.42. The molecule has 0 spiro atoms. The lowest BCUT2D eigenvalue weighted by atomic mass is 10.1. The van der Waals surface area contributed by atoms with Crippen LogP contribution in [0.4, 0.5) is 0 Å². The van der Waals surface area contributed by atoms with E-state index >= 15 is 0 Å². The van der Waals surface area contributed by atoms with Gasteiger partial charge in [0.1, 0.15) is 17.0 Å². The third-order valence-electron chi connectivity index (χ3n) is 4.39. The van der Waals surface area contributed by atoms with Crippen molar-refractivity contribution in [2.24, 2.45) is 0 Å². The molecule has 6 nitrogen and oxygen atoms in total. The van der Waals surface area contributed by atoms with Gasteiger partial charge in [-0.25, -0.2) is 4.98 Å². The molecule has 0 amide bonds. The van der Waals surface area contributed by atoms with Crippen molar-refractivity contribution in [1.82, 2.24) is 20.1 Å². The predicted octanol–water partition coefficient (Wildman–Crippen LogP) is 4.81. The van der Waals surface area contributed by atoms with E-state index in [9.17, 15) is 0 Å². The first-order valence-electron chi connectivity index (χ1n) is 8.62. The fraction of sp³-hybridized carbons (Fsp3) is 0.368. The Hall–Kier alpha value is -2.47. The normalized spacial score (nSPS) is 15.1. The van der Waals surface area contributed by atoms with Gasteiger partial charge >= 0.3 is 0 Å². The van der Waals surface area contributed by atoms with E-state index in [0.717, 1.165) is 29.9 Å². The SMILES string of the molecule is Cc1nc(C)c(Cl)c(O[C@@H](C)c2ccc(-c3noc(C4CC4)n3)cc2)n1. The molecule has 1 aromatic carbocycles. The molecule has 4 rings (SSSR count). The average molecular weight is 371 g/mol. The van der Waals surface area contributed by atoms with Crippen molar-refractivity contribution >= 4 is 11.6 Å². The van der Waals surface area contributed by atoms with Crippen molar-refractivity contribution in [2.75, 3.05) is 0 Å². The summed E-state index contributed by atoms with van der Waals surface area (Å²) >= 11 is 6.26. The van der Waals surface area contributed by atoms with Crippen LogP contribution in [0.15, 0.2) is 28.8 Å². The van der Waals surface area contributed by atoms with Crippen LogP contribution in [0.25, 0.3) is 11.4 Å². The summed E-state index contributed by atoms with van der Waals surface area (Å²) in [6.45, 7) is 5.61. The Morgan fingerprint density at radius 2 is 1.85 bits per heavy atom. The van der Waals surface area contributed by atoms with Crippen molar-refractivity contribution in [3.8, 4) is 17.3 Å². The average Bonchev–Trinajstić information content (AvgIpc) is 3.36. The van der Waals surface area contributed by atoms with Crippen LogP contribution in [-0.2, 0) is 0 Å². The number of aryl methyl sites for hydroxylation is 2. The first-order chi connectivity index (χ1) is 12.5. The van der Waals surface area contributed by atoms with Gasteiger partial charge in [0.05, 0.1) is 5.69 Å². The minimum absolute atomic E-state index is 0.206. The number of nitrogens with zero attached hydrogens (tertiary/aromatic N) is 4. The van der Waals surface area contributed by atoms with Crippen LogP contribution in [0.2, 0.25) is 5.02 Å². The number of ether oxygens (including phenoxy) is 1. The van der Waals surface area contributed by atoms with Gasteiger partial charge < -0.3 is 9.26 Å². The number of benzene rings is 1. The second-order valence-corrected chi connectivity index (χ2v) is 6.97. The molecule has 0 unspecified atom stereocenters. The fourth-order valence-electron chi connectivity index (χ4n) is 2.73. The summed E-state index contributed by atoms with van der Waals surface area (Å²) in [7, 11) is 0. The zero-order chi connectivity index (χ0) is 18.3. The van der Waals surface area contributed by atoms with Crippen molar-refractivity contribution in [2.45, 2.75) is 45.6 Å². The van der Waals surface area contributed by atoms with Crippen LogP contribution in [0.3, 0.4) is 0 Å². The Kier molecular flexibility index (Phi) is 4.36. The summed E-state index contributed by atoms with van der Waals surface area (Å²) in [4.78, 5) is 13.0. The lowest BCUT2D eigenvalue weighted by Gasteiger charge is -2.16. The quantitative estimate of drug-likeness (QED) is 0.641. The zero-order valence-electron chi connectivity index (χ0n) is 14.9. The van der Waals surface area contributed by atoms with Crippen LogP contribution in [0.1, 0.15) is 54.8 Å². The summed E-state index contributed by atoms with van der Waals surface area (Å²) in [6.07, 6.45) is 2.07. The van der Waals surface area contributed by atoms with E-state index in [2.05, 4.69) is 20.1 Å². The smallest absolute Gasteiger partial charge is 0.236 e. The minimum Gasteiger partial charge on any atom is -0.469 e. The number of rotatable bonds is 5. The Balaban J connectivity index is 1.50. The van der Waals surface area contributed by atoms with E-state index in [4.69, 9.17) is 20.9 Å². The lowest BCUT2D eigenvalue weighted by Crippen LogP contribution is -2.07. The van der Waals surface area contributed by atoms with Gasteiger partial charge in [-0.3, -0.25) is 0 Å². The number of halogens is 1. The maximum Gasteiger partial charge on any atom is 0.236 e. The second-order valence-electron chi connectivity index (χ2n) is 6.59. The fourth-order valence-corrected chi connectivity index (χ4v) is 2.86. The molecule has 0 radical (unpaired) electrons. The van der Waals surface area contributed by atoms with Crippen LogP contribution in [-0.4, -0.2) is 20.1 Å². The monoisotopic (exact) mass is 370 g/mol. The third-order valence-corrected chi connectivity index (χ3v) is 4.83. The Morgan fingerprint density at radius 1 is 1.12 bits per heavy atom. The topological polar surface area (TPSA) is 73.9 Å². The van der Waals surface area contributed by atoms with Crippen LogP contribution in [0.5, 0.6) is 5.88 Å². The molecule has 2 heterocycles. The highest BCUT2D eigenvalue weighted by atomic mass is 35.5. The summed E-state index contributed by atoms with van der Waals surface area (Å²) in [5.41, 5.74) is 2.63. The molecule has 134 valence electrons. The molecule has 1 fully saturated rings. The molecule has 1 aliphatic rings. The molecule has 1 aliphatic carbocycles. The molecule has 7 heteroatoms. The largest absolute Gasteiger partial charge is 0.469 e. The highest BCUT2D eigenvalue weighted by Gasteiger charge is 2.29. The standard InChI is InChI=1S/C19H19ClN4O2/c1-10-16(20)19(22-12(3)21-10)25-11(2)13-4-6-14(7-5-13)17-23-18(26-24-17)15-8-9-15/h4-7,11,15H,8-9H2,1-3H3/t11-/m0/s1.